The van der Waals surface area contributed by atoms with Crippen LogP contribution >= 0.6 is 0 Å². The highest BCUT2D eigenvalue weighted by Crippen LogP contribution is 2.30. The molecule has 1 fully saturated rings. The van der Waals surface area contributed by atoms with Crippen LogP contribution in [-0.2, 0) is 20.8 Å². The van der Waals surface area contributed by atoms with Crippen molar-refractivity contribution in [2.75, 3.05) is 10.2 Å². The number of aryl methyl sites for hydroxylation is 1. The van der Waals surface area contributed by atoms with Gasteiger partial charge < -0.3 is 5.32 Å². The fraction of sp³-hybridized carbons (Fsp3) is 0.217. The number of aromatic nitrogens is 2. The maximum atomic E-state index is 12.8. The molecule has 0 saturated carbocycles. The van der Waals surface area contributed by atoms with E-state index in [1.54, 1.807) is 24.3 Å². The Morgan fingerprint density at radius 1 is 0.967 bits per heavy atom. The number of nitrogens with zero attached hydrogens (tertiary/aromatic N) is 3. The Kier molecular flexibility index (Phi) is 5.18. The van der Waals surface area contributed by atoms with Gasteiger partial charge in [0.2, 0.25) is 17.7 Å². The average Bonchev–Trinajstić information content (AvgIpc) is 3.22. The fourth-order valence-corrected chi connectivity index (χ4v) is 3.73. The molecule has 2 heterocycles. The third-order valence-electron chi connectivity index (χ3n) is 5.25. The Bertz CT molecular complexity index is 1120. The topological polar surface area (TPSA) is 84.3 Å². The van der Waals surface area contributed by atoms with Gasteiger partial charge in [-0.3, -0.25) is 14.4 Å². The van der Waals surface area contributed by atoms with Gasteiger partial charge in [0.15, 0.2) is 0 Å². The smallest absolute Gasteiger partial charge is 0.234 e. The number of nitrogens with one attached hydrogen (secondary N) is 1. The summed E-state index contributed by atoms with van der Waals surface area (Å²) in [6, 6.07) is 16.6. The number of rotatable bonds is 5. The molecule has 0 atom stereocenters. The molecule has 7 heteroatoms. The minimum absolute atomic E-state index is 0.140. The van der Waals surface area contributed by atoms with Crippen molar-refractivity contribution in [1.82, 2.24) is 9.78 Å². The molecule has 0 spiro atoms. The van der Waals surface area contributed by atoms with Gasteiger partial charge in [-0.05, 0) is 38.1 Å². The van der Waals surface area contributed by atoms with Crippen LogP contribution in [0.15, 0.2) is 54.6 Å². The highest BCUT2D eigenvalue weighted by atomic mass is 16.2. The number of hydrogen-bond donors (Lipinski definition) is 1. The molecule has 1 aromatic heterocycles. The Morgan fingerprint density at radius 2 is 1.60 bits per heavy atom. The largest absolute Gasteiger partial charge is 0.324 e. The molecule has 30 heavy (non-hydrogen) atoms. The van der Waals surface area contributed by atoms with Crippen molar-refractivity contribution in [3.8, 4) is 5.69 Å². The SMILES string of the molecule is Cc1nn(-c2ccccc2)c(C)c1CC(=O)Nc1ccccc1N1C(=O)CCC1=O. The van der Waals surface area contributed by atoms with Crippen LogP contribution in [0.4, 0.5) is 11.4 Å². The lowest BCUT2D eigenvalue weighted by Gasteiger charge is -2.18. The van der Waals surface area contributed by atoms with Crippen LogP contribution in [0.5, 0.6) is 0 Å². The van der Waals surface area contributed by atoms with E-state index in [0.29, 0.717) is 11.4 Å². The second kappa shape index (κ2) is 7.94. The summed E-state index contributed by atoms with van der Waals surface area (Å²) in [5, 5.41) is 7.44. The average molecular weight is 402 g/mol. The zero-order valence-corrected chi connectivity index (χ0v) is 16.9. The van der Waals surface area contributed by atoms with E-state index in [4.69, 9.17) is 0 Å². The Balaban J connectivity index is 1.57. The molecule has 2 aromatic carbocycles. The van der Waals surface area contributed by atoms with Crippen molar-refractivity contribution in [3.63, 3.8) is 0 Å². The molecule has 3 amide bonds. The molecule has 0 aliphatic carbocycles. The molecular formula is C23H22N4O3. The summed E-state index contributed by atoms with van der Waals surface area (Å²) < 4.78 is 1.83. The maximum absolute atomic E-state index is 12.8. The van der Waals surface area contributed by atoms with E-state index in [-0.39, 0.29) is 37.0 Å². The van der Waals surface area contributed by atoms with E-state index in [1.807, 2.05) is 48.9 Å². The fourth-order valence-electron chi connectivity index (χ4n) is 3.73. The highest BCUT2D eigenvalue weighted by Gasteiger charge is 2.32. The Labute approximate surface area is 174 Å². The van der Waals surface area contributed by atoms with Crippen LogP contribution in [0.2, 0.25) is 0 Å². The molecule has 4 rings (SSSR count). The quantitative estimate of drug-likeness (QED) is 0.664. The number of carbonyl (C=O) groups is 3. The van der Waals surface area contributed by atoms with Crippen molar-refractivity contribution >= 4 is 29.1 Å². The summed E-state index contributed by atoms with van der Waals surface area (Å²) in [5.74, 6) is -0.740. The van der Waals surface area contributed by atoms with E-state index in [9.17, 15) is 14.4 Å². The van der Waals surface area contributed by atoms with Gasteiger partial charge in [-0.1, -0.05) is 30.3 Å². The Morgan fingerprint density at radius 3 is 2.30 bits per heavy atom. The number of para-hydroxylation sites is 3. The number of carbonyl (C=O) groups excluding carboxylic acids is 3. The number of anilines is 2. The van der Waals surface area contributed by atoms with Gasteiger partial charge in [0, 0.05) is 24.1 Å². The number of amides is 3. The minimum atomic E-state index is -0.252. The molecule has 7 nitrogen and oxygen atoms in total. The van der Waals surface area contributed by atoms with E-state index < -0.39 is 0 Å². The van der Waals surface area contributed by atoms with E-state index in [0.717, 1.165) is 27.5 Å². The highest BCUT2D eigenvalue weighted by molar-refractivity contribution is 6.21. The molecule has 0 unspecified atom stereocenters. The second-order valence-electron chi connectivity index (χ2n) is 7.26. The standard InChI is InChI=1S/C23H22N4O3/c1-15-18(16(2)27(25-15)17-8-4-3-5-9-17)14-21(28)24-19-10-6-7-11-20(19)26-22(29)12-13-23(26)30/h3-11H,12-14H2,1-2H3,(H,24,28). The lowest BCUT2D eigenvalue weighted by molar-refractivity contribution is -0.121. The van der Waals surface area contributed by atoms with Gasteiger partial charge in [-0.15, -0.1) is 0 Å². The van der Waals surface area contributed by atoms with Gasteiger partial charge in [-0.25, -0.2) is 9.58 Å². The zero-order chi connectivity index (χ0) is 21.3. The zero-order valence-electron chi connectivity index (χ0n) is 16.9. The van der Waals surface area contributed by atoms with Crippen LogP contribution in [0.3, 0.4) is 0 Å². The molecule has 152 valence electrons. The van der Waals surface area contributed by atoms with Gasteiger partial charge in [0.25, 0.3) is 0 Å². The summed E-state index contributed by atoms with van der Waals surface area (Å²) in [7, 11) is 0. The predicted molar refractivity (Wildman–Crippen MR) is 114 cm³/mol. The van der Waals surface area contributed by atoms with Crippen LogP contribution in [0.1, 0.15) is 29.8 Å². The van der Waals surface area contributed by atoms with Crippen molar-refractivity contribution in [2.24, 2.45) is 0 Å². The normalized spacial score (nSPS) is 13.7. The first-order chi connectivity index (χ1) is 14.5. The van der Waals surface area contributed by atoms with E-state index in [2.05, 4.69) is 10.4 Å². The van der Waals surface area contributed by atoms with Crippen LogP contribution in [0.25, 0.3) is 5.69 Å². The van der Waals surface area contributed by atoms with Crippen molar-refractivity contribution in [1.29, 1.82) is 0 Å². The number of hydrogen-bond acceptors (Lipinski definition) is 4. The maximum Gasteiger partial charge on any atom is 0.234 e. The van der Waals surface area contributed by atoms with Crippen LogP contribution in [-0.4, -0.2) is 27.5 Å². The van der Waals surface area contributed by atoms with Crippen LogP contribution < -0.4 is 10.2 Å². The molecule has 1 N–H and O–H groups in total. The molecule has 3 aromatic rings. The van der Waals surface area contributed by atoms with Crippen LogP contribution in [0, 0.1) is 13.8 Å². The first kappa shape index (κ1) is 19.6. The third-order valence-corrected chi connectivity index (χ3v) is 5.25. The summed E-state index contributed by atoms with van der Waals surface area (Å²) in [5.41, 5.74) is 4.31. The first-order valence-corrected chi connectivity index (χ1v) is 9.81. The lowest BCUT2D eigenvalue weighted by Crippen LogP contribution is -2.30. The number of benzene rings is 2. The van der Waals surface area contributed by atoms with Crippen molar-refractivity contribution in [2.45, 2.75) is 33.1 Å². The predicted octanol–water partition coefficient (Wildman–Crippen LogP) is 3.32. The third kappa shape index (κ3) is 3.61. The molecule has 1 saturated heterocycles. The van der Waals surface area contributed by atoms with Gasteiger partial charge in [0.1, 0.15) is 0 Å². The summed E-state index contributed by atoms with van der Waals surface area (Å²) in [4.78, 5) is 38.2. The Hall–Kier alpha value is -3.74. The number of imide groups is 1. The van der Waals surface area contributed by atoms with Crippen molar-refractivity contribution in [3.05, 3.63) is 71.5 Å². The minimum Gasteiger partial charge on any atom is -0.324 e. The molecule has 1 aliphatic rings. The monoisotopic (exact) mass is 402 g/mol. The van der Waals surface area contributed by atoms with E-state index in [1.165, 1.54) is 0 Å². The summed E-state index contributed by atoms with van der Waals surface area (Å²) >= 11 is 0. The van der Waals surface area contributed by atoms with E-state index >= 15 is 0 Å². The summed E-state index contributed by atoms with van der Waals surface area (Å²) in [6.07, 6.45) is 0.525. The lowest BCUT2D eigenvalue weighted by atomic mass is 10.1. The van der Waals surface area contributed by atoms with Gasteiger partial charge >= 0.3 is 0 Å². The molecule has 0 bridgehead atoms. The van der Waals surface area contributed by atoms with Gasteiger partial charge in [0.05, 0.1) is 29.2 Å². The van der Waals surface area contributed by atoms with Crippen molar-refractivity contribution < 1.29 is 14.4 Å². The van der Waals surface area contributed by atoms with Gasteiger partial charge in [-0.2, -0.15) is 5.10 Å². The second-order valence-corrected chi connectivity index (χ2v) is 7.26. The molecule has 1 aliphatic heterocycles. The summed E-state index contributed by atoms with van der Waals surface area (Å²) in [6.45, 7) is 3.82. The molecule has 0 radical (unpaired) electrons. The first-order valence-electron chi connectivity index (χ1n) is 9.81. The molecular weight excluding hydrogens is 380 g/mol.